The van der Waals surface area contributed by atoms with Crippen molar-refractivity contribution in [2.24, 2.45) is 0 Å². The number of nitrogens with zero attached hydrogens (tertiary/aromatic N) is 2. The van der Waals surface area contributed by atoms with Crippen LogP contribution in [0.1, 0.15) is 6.42 Å². The van der Waals surface area contributed by atoms with Crippen molar-refractivity contribution in [3.8, 4) is 0 Å². The van der Waals surface area contributed by atoms with E-state index in [9.17, 15) is 8.42 Å². The molecule has 20 heavy (non-hydrogen) atoms. The minimum Gasteiger partial charge on any atom is -0.255 e. The van der Waals surface area contributed by atoms with Crippen LogP contribution in [0.3, 0.4) is 0 Å². The number of aromatic nitrogens is 1. The van der Waals surface area contributed by atoms with E-state index in [0.717, 1.165) is 17.6 Å². The Balaban J connectivity index is 1.86. The third-order valence-corrected chi connectivity index (χ3v) is 7.37. The lowest BCUT2D eigenvalue weighted by atomic mass is 10.2. The maximum Gasteiger partial charge on any atom is 0.245 e. The lowest BCUT2D eigenvalue weighted by Crippen LogP contribution is -2.39. The maximum absolute atomic E-state index is 12.9. The fourth-order valence-electron chi connectivity index (χ4n) is 3.07. The average Bonchev–Trinajstić information content (AvgIpc) is 3.09. The molecule has 3 heterocycles. The van der Waals surface area contributed by atoms with Crippen LogP contribution in [0, 0.1) is 0 Å². The fraction of sp³-hybridized carbons (Fsp3) is 0.357. The topological polar surface area (TPSA) is 50.3 Å². The van der Waals surface area contributed by atoms with E-state index in [4.69, 9.17) is 0 Å². The highest BCUT2D eigenvalue weighted by Crippen LogP contribution is 2.40. The molecule has 1 aromatic heterocycles. The van der Waals surface area contributed by atoms with E-state index in [2.05, 4.69) is 4.98 Å². The van der Waals surface area contributed by atoms with Gasteiger partial charge in [-0.05, 0) is 18.6 Å². The van der Waals surface area contributed by atoms with Gasteiger partial charge in [-0.1, -0.05) is 18.2 Å². The van der Waals surface area contributed by atoms with E-state index in [1.54, 1.807) is 22.6 Å². The molecule has 2 fully saturated rings. The van der Waals surface area contributed by atoms with Gasteiger partial charge in [0.1, 0.15) is 4.90 Å². The molecule has 0 unspecified atom stereocenters. The van der Waals surface area contributed by atoms with Gasteiger partial charge in [0.15, 0.2) is 0 Å². The Kier molecular flexibility index (Phi) is 2.80. The SMILES string of the molecule is O=S(=O)(c1cccc2cccnc12)N1C[C@H]2C[C@H]1CS2. The van der Waals surface area contributed by atoms with Crippen LogP contribution >= 0.6 is 11.8 Å². The van der Waals surface area contributed by atoms with E-state index in [0.29, 0.717) is 22.2 Å². The van der Waals surface area contributed by atoms with Crippen molar-refractivity contribution < 1.29 is 8.42 Å². The Morgan fingerprint density at radius 3 is 2.85 bits per heavy atom. The van der Waals surface area contributed by atoms with Crippen LogP contribution in [0.4, 0.5) is 0 Å². The molecule has 2 aliphatic heterocycles. The minimum absolute atomic E-state index is 0.161. The molecule has 2 bridgehead atoms. The second-order valence-electron chi connectivity index (χ2n) is 5.25. The highest BCUT2D eigenvalue weighted by molar-refractivity contribution is 8.00. The zero-order chi connectivity index (χ0) is 13.7. The molecule has 4 rings (SSSR count). The Morgan fingerprint density at radius 2 is 2.10 bits per heavy atom. The standard InChI is InChI=1S/C14H14N2O2S2/c17-20(18,16-8-12-7-11(16)9-19-12)13-5-1-3-10-4-2-6-15-14(10)13/h1-6,11-12H,7-9H2/t11-,12+/m0/s1. The molecular weight excluding hydrogens is 292 g/mol. The number of fused-ring (bicyclic) bond motifs is 3. The zero-order valence-electron chi connectivity index (χ0n) is 10.8. The molecule has 0 saturated carbocycles. The predicted molar refractivity (Wildman–Crippen MR) is 80.3 cm³/mol. The molecule has 0 amide bonds. The first kappa shape index (κ1) is 12.6. The summed E-state index contributed by atoms with van der Waals surface area (Å²) in [6, 6.07) is 9.24. The molecule has 6 heteroatoms. The third-order valence-electron chi connectivity index (χ3n) is 4.03. The molecule has 2 atom stereocenters. The number of benzene rings is 1. The predicted octanol–water partition coefficient (Wildman–Crippen LogP) is 2.11. The Labute approximate surface area is 122 Å². The molecule has 2 aromatic rings. The number of rotatable bonds is 2. The summed E-state index contributed by atoms with van der Waals surface area (Å²) in [5.41, 5.74) is 0.574. The average molecular weight is 306 g/mol. The summed E-state index contributed by atoms with van der Waals surface area (Å²) in [6.07, 6.45) is 2.63. The summed E-state index contributed by atoms with van der Waals surface area (Å²) in [5, 5.41) is 1.34. The van der Waals surface area contributed by atoms with Crippen LogP contribution < -0.4 is 0 Å². The lowest BCUT2D eigenvalue weighted by molar-refractivity contribution is 0.410. The van der Waals surface area contributed by atoms with Crippen LogP contribution in [0.15, 0.2) is 41.4 Å². The van der Waals surface area contributed by atoms with Crippen LogP contribution in [-0.4, -0.2) is 41.3 Å². The van der Waals surface area contributed by atoms with Crippen molar-refractivity contribution >= 4 is 32.7 Å². The Morgan fingerprint density at radius 1 is 1.25 bits per heavy atom. The van der Waals surface area contributed by atoms with E-state index in [-0.39, 0.29) is 6.04 Å². The maximum atomic E-state index is 12.9. The molecule has 0 radical (unpaired) electrons. The van der Waals surface area contributed by atoms with Crippen molar-refractivity contribution in [1.29, 1.82) is 0 Å². The van der Waals surface area contributed by atoms with Gasteiger partial charge in [0.2, 0.25) is 10.0 Å². The first-order chi connectivity index (χ1) is 9.66. The third kappa shape index (κ3) is 1.78. The fourth-order valence-corrected chi connectivity index (χ4v) is 6.54. The number of thioether (sulfide) groups is 1. The molecule has 0 aliphatic carbocycles. The van der Waals surface area contributed by atoms with Gasteiger partial charge in [0.25, 0.3) is 0 Å². The first-order valence-electron chi connectivity index (χ1n) is 6.63. The quantitative estimate of drug-likeness (QED) is 0.853. The second-order valence-corrected chi connectivity index (χ2v) is 8.44. The van der Waals surface area contributed by atoms with Gasteiger partial charge in [-0.3, -0.25) is 4.98 Å². The van der Waals surface area contributed by atoms with Gasteiger partial charge in [-0.15, -0.1) is 0 Å². The monoisotopic (exact) mass is 306 g/mol. The molecular formula is C14H14N2O2S2. The molecule has 0 N–H and O–H groups in total. The summed E-state index contributed by atoms with van der Waals surface area (Å²) in [4.78, 5) is 4.61. The summed E-state index contributed by atoms with van der Waals surface area (Å²) >= 11 is 1.89. The Bertz CT molecular complexity index is 770. The van der Waals surface area contributed by atoms with Gasteiger partial charge < -0.3 is 0 Å². The number of para-hydroxylation sites is 1. The van der Waals surface area contributed by atoms with Crippen molar-refractivity contribution in [2.45, 2.75) is 22.6 Å². The van der Waals surface area contributed by atoms with Crippen molar-refractivity contribution in [1.82, 2.24) is 9.29 Å². The van der Waals surface area contributed by atoms with Crippen molar-refractivity contribution in [2.75, 3.05) is 12.3 Å². The highest BCUT2D eigenvalue weighted by Gasteiger charge is 2.45. The van der Waals surface area contributed by atoms with Crippen LogP contribution in [0.25, 0.3) is 10.9 Å². The van der Waals surface area contributed by atoms with E-state index < -0.39 is 10.0 Å². The summed E-state index contributed by atoms with van der Waals surface area (Å²) in [5.74, 6) is 0.919. The van der Waals surface area contributed by atoms with Gasteiger partial charge in [-0.25, -0.2) is 8.42 Å². The van der Waals surface area contributed by atoms with Gasteiger partial charge >= 0.3 is 0 Å². The molecule has 4 nitrogen and oxygen atoms in total. The van der Waals surface area contributed by atoms with E-state index in [1.165, 1.54) is 0 Å². The zero-order valence-corrected chi connectivity index (χ0v) is 12.4. The molecule has 2 aliphatic rings. The number of hydrogen-bond donors (Lipinski definition) is 0. The van der Waals surface area contributed by atoms with Crippen LogP contribution in [0.5, 0.6) is 0 Å². The van der Waals surface area contributed by atoms with E-state index in [1.807, 2.05) is 30.0 Å². The summed E-state index contributed by atoms with van der Waals surface area (Å²) in [7, 11) is -3.44. The van der Waals surface area contributed by atoms with Gasteiger partial charge in [0.05, 0.1) is 5.52 Å². The number of sulfonamides is 1. The first-order valence-corrected chi connectivity index (χ1v) is 9.12. The van der Waals surface area contributed by atoms with Gasteiger partial charge in [0, 0.05) is 35.2 Å². The number of pyridine rings is 1. The van der Waals surface area contributed by atoms with Gasteiger partial charge in [-0.2, -0.15) is 16.1 Å². The smallest absolute Gasteiger partial charge is 0.245 e. The molecule has 0 spiro atoms. The minimum atomic E-state index is -3.44. The molecule has 104 valence electrons. The van der Waals surface area contributed by atoms with Crippen molar-refractivity contribution in [3.63, 3.8) is 0 Å². The Hall–Kier alpha value is -1.11. The largest absolute Gasteiger partial charge is 0.255 e. The van der Waals surface area contributed by atoms with Crippen LogP contribution in [0.2, 0.25) is 0 Å². The van der Waals surface area contributed by atoms with E-state index >= 15 is 0 Å². The highest BCUT2D eigenvalue weighted by atomic mass is 32.2. The normalized spacial score (nSPS) is 26.4. The van der Waals surface area contributed by atoms with Crippen molar-refractivity contribution in [3.05, 3.63) is 36.5 Å². The van der Waals surface area contributed by atoms with Crippen LogP contribution in [-0.2, 0) is 10.0 Å². The second kappa shape index (κ2) is 4.44. The molecule has 1 aromatic carbocycles. The molecule has 2 saturated heterocycles. The summed E-state index contributed by atoms with van der Waals surface area (Å²) < 4.78 is 27.5. The number of hydrogen-bond acceptors (Lipinski definition) is 4. The summed E-state index contributed by atoms with van der Waals surface area (Å²) in [6.45, 7) is 0.640. The lowest BCUT2D eigenvalue weighted by Gasteiger charge is -2.26.